The van der Waals surface area contributed by atoms with Gasteiger partial charge in [0, 0.05) is 31.2 Å². The van der Waals surface area contributed by atoms with Crippen LogP contribution in [0.25, 0.3) is 0 Å². The van der Waals surface area contributed by atoms with Gasteiger partial charge in [0.05, 0.1) is 0 Å². The van der Waals surface area contributed by atoms with Crippen molar-refractivity contribution in [1.29, 1.82) is 0 Å². The van der Waals surface area contributed by atoms with E-state index in [4.69, 9.17) is 0 Å². The van der Waals surface area contributed by atoms with Crippen LogP contribution >= 0.6 is 0 Å². The van der Waals surface area contributed by atoms with Crippen LogP contribution in [0, 0.1) is 0 Å². The fourth-order valence-corrected chi connectivity index (χ4v) is 2.58. The highest BCUT2D eigenvalue weighted by Gasteiger charge is 2.19. The number of hydrogen-bond acceptors (Lipinski definition) is 3. The number of carbonyl (C=O) groups is 1. The van der Waals surface area contributed by atoms with Crippen LogP contribution in [0.3, 0.4) is 0 Å². The second-order valence-corrected chi connectivity index (χ2v) is 5.57. The minimum atomic E-state index is 0.107. The van der Waals surface area contributed by atoms with Crippen LogP contribution in [0.15, 0.2) is 11.1 Å². The Morgan fingerprint density at radius 1 is 1.33 bits per heavy atom. The van der Waals surface area contributed by atoms with Crippen molar-refractivity contribution in [3.8, 4) is 0 Å². The van der Waals surface area contributed by atoms with Crippen LogP contribution in [0.4, 0.5) is 0 Å². The predicted octanol–water partition coefficient (Wildman–Crippen LogP) is 0.897. The first-order chi connectivity index (χ1) is 8.66. The highest BCUT2D eigenvalue weighted by atomic mass is 16.1. The lowest BCUT2D eigenvalue weighted by atomic mass is 10.0. The molecule has 4 heteroatoms. The zero-order valence-corrected chi connectivity index (χ0v) is 11.6. The number of piperidine rings is 1. The third-order valence-corrected chi connectivity index (χ3v) is 3.91. The van der Waals surface area contributed by atoms with Crippen molar-refractivity contribution >= 4 is 5.91 Å². The first-order valence-electron chi connectivity index (χ1n) is 7.09. The van der Waals surface area contributed by atoms with E-state index in [9.17, 15) is 4.79 Å². The number of nitrogens with one attached hydrogen (secondary N) is 2. The Bertz CT molecular complexity index is 326. The topological polar surface area (TPSA) is 44.4 Å². The van der Waals surface area contributed by atoms with Gasteiger partial charge >= 0.3 is 0 Å². The molecule has 1 unspecified atom stereocenters. The molecule has 0 radical (unpaired) electrons. The summed E-state index contributed by atoms with van der Waals surface area (Å²) in [6, 6.07) is 0.235. The van der Waals surface area contributed by atoms with Crippen LogP contribution in [0.5, 0.6) is 0 Å². The molecule has 2 rings (SSSR count). The molecule has 2 aliphatic heterocycles. The lowest BCUT2D eigenvalue weighted by molar-refractivity contribution is -0.118. The number of nitrogens with zero attached hydrogens (tertiary/aromatic N) is 1. The first kappa shape index (κ1) is 13.6. The summed E-state index contributed by atoms with van der Waals surface area (Å²) in [7, 11) is 0. The van der Waals surface area contributed by atoms with Gasteiger partial charge in [-0.1, -0.05) is 6.42 Å². The van der Waals surface area contributed by atoms with E-state index in [1.54, 1.807) is 0 Å². The summed E-state index contributed by atoms with van der Waals surface area (Å²) in [6.07, 6.45) is 3.96. The van der Waals surface area contributed by atoms with E-state index in [0.29, 0.717) is 0 Å². The van der Waals surface area contributed by atoms with Crippen molar-refractivity contribution in [1.82, 2.24) is 15.5 Å². The summed E-state index contributed by atoms with van der Waals surface area (Å²) < 4.78 is 0. The molecular weight excluding hydrogens is 226 g/mol. The van der Waals surface area contributed by atoms with Crippen molar-refractivity contribution in [2.75, 3.05) is 32.7 Å². The van der Waals surface area contributed by atoms with E-state index in [-0.39, 0.29) is 11.9 Å². The number of amides is 1. The molecule has 0 aliphatic carbocycles. The maximum atomic E-state index is 12.0. The van der Waals surface area contributed by atoms with Gasteiger partial charge in [-0.15, -0.1) is 0 Å². The molecule has 0 aromatic heterocycles. The maximum absolute atomic E-state index is 12.0. The summed E-state index contributed by atoms with van der Waals surface area (Å²) in [5, 5.41) is 6.28. The number of rotatable bonds is 4. The van der Waals surface area contributed by atoms with Gasteiger partial charge in [-0.25, -0.2) is 0 Å². The molecule has 18 heavy (non-hydrogen) atoms. The van der Waals surface area contributed by atoms with E-state index >= 15 is 0 Å². The molecule has 0 spiro atoms. The van der Waals surface area contributed by atoms with E-state index in [1.807, 2.05) is 6.92 Å². The molecule has 2 heterocycles. The zero-order valence-electron chi connectivity index (χ0n) is 11.6. The standard InChI is InChI=1S/C14H25N3O/c1-11(10-17-6-4-3-5-7-17)16-14(18)12(2)13-8-15-9-13/h11,15H,3-10H2,1-2H3,(H,16,18). The molecular formula is C14H25N3O. The molecule has 1 amide bonds. The minimum absolute atomic E-state index is 0.107. The second kappa shape index (κ2) is 6.34. The predicted molar refractivity (Wildman–Crippen MR) is 73.5 cm³/mol. The molecule has 2 N–H and O–H groups in total. The lowest BCUT2D eigenvalue weighted by Gasteiger charge is -2.29. The summed E-state index contributed by atoms with van der Waals surface area (Å²) >= 11 is 0. The van der Waals surface area contributed by atoms with Gasteiger partial charge in [-0.05, 0) is 45.4 Å². The van der Waals surface area contributed by atoms with Crippen molar-refractivity contribution in [2.45, 2.75) is 39.2 Å². The Morgan fingerprint density at radius 3 is 2.56 bits per heavy atom. The SMILES string of the molecule is CC(C(=O)NC(C)CN1CCCCC1)=C1CNC1. The normalized spacial score (nSPS) is 22.2. The van der Waals surface area contributed by atoms with Gasteiger partial charge in [0.2, 0.25) is 5.91 Å². The van der Waals surface area contributed by atoms with Gasteiger partial charge in [0.1, 0.15) is 0 Å². The number of carbonyl (C=O) groups excluding carboxylic acids is 1. The molecule has 0 aromatic carbocycles. The van der Waals surface area contributed by atoms with E-state index < -0.39 is 0 Å². The van der Waals surface area contributed by atoms with Crippen molar-refractivity contribution in [3.05, 3.63) is 11.1 Å². The average molecular weight is 251 g/mol. The molecule has 0 bridgehead atoms. The smallest absolute Gasteiger partial charge is 0.247 e. The van der Waals surface area contributed by atoms with Crippen molar-refractivity contribution < 1.29 is 4.79 Å². The largest absolute Gasteiger partial charge is 0.349 e. The van der Waals surface area contributed by atoms with Gasteiger partial charge in [0.15, 0.2) is 0 Å². The number of hydrogen-bond donors (Lipinski definition) is 2. The zero-order chi connectivity index (χ0) is 13.0. The molecule has 2 aliphatic rings. The van der Waals surface area contributed by atoms with Crippen LogP contribution < -0.4 is 10.6 Å². The first-order valence-corrected chi connectivity index (χ1v) is 7.09. The summed E-state index contributed by atoms with van der Waals surface area (Å²) in [4.78, 5) is 14.5. The van der Waals surface area contributed by atoms with Crippen molar-refractivity contribution in [2.24, 2.45) is 0 Å². The van der Waals surface area contributed by atoms with Crippen LogP contribution in [-0.2, 0) is 4.79 Å². The van der Waals surface area contributed by atoms with Gasteiger partial charge in [-0.2, -0.15) is 0 Å². The Balaban J connectivity index is 1.76. The highest BCUT2D eigenvalue weighted by molar-refractivity contribution is 5.94. The van der Waals surface area contributed by atoms with Gasteiger partial charge in [-0.3, -0.25) is 4.79 Å². The summed E-state index contributed by atoms with van der Waals surface area (Å²) in [5.41, 5.74) is 2.15. The molecule has 2 fully saturated rings. The molecule has 102 valence electrons. The summed E-state index contributed by atoms with van der Waals surface area (Å²) in [5.74, 6) is 0.107. The average Bonchev–Trinajstić information content (AvgIpc) is 2.27. The molecule has 0 aromatic rings. The van der Waals surface area contributed by atoms with Crippen LogP contribution in [-0.4, -0.2) is 49.6 Å². The Labute approximate surface area is 110 Å². The lowest BCUT2D eigenvalue weighted by Crippen LogP contribution is -2.45. The monoisotopic (exact) mass is 251 g/mol. The summed E-state index contributed by atoms with van der Waals surface area (Å²) in [6.45, 7) is 9.13. The Kier molecular flexibility index (Phi) is 4.78. The number of likely N-dealkylation sites (tertiary alicyclic amines) is 1. The Morgan fingerprint density at radius 2 is 2.00 bits per heavy atom. The van der Waals surface area contributed by atoms with E-state index in [0.717, 1.165) is 25.2 Å². The quantitative estimate of drug-likeness (QED) is 0.730. The molecule has 2 saturated heterocycles. The third kappa shape index (κ3) is 3.56. The fraction of sp³-hybridized carbons (Fsp3) is 0.786. The van der Waals surface area contributed by atoms with Crippen molar-refractivity contribution in [3.63, 3.8) is 0 Å². The highest BCUT2D eigenvalue weighted by Crippen LogP contribution is 2.11. The minimum Gasteiger partial charge on any atom is -0.349 e. The Hall–Kier alpha value is -0.870. The van der Waals surface area contributed by atoms with Gasteiger partial charge < -0.3 is 15.5 Å². The van der Waals surface area contributed by atoms with Crippen LogP contribution in [0.2, 0.25) is 0 Å². The van der Waals surface area contributed by atoms with Crippen LogP contribution in [0.1, 0.15) is 33.1 Å². The molecule has 1 atom stereocenters. The maximum Gasteiger partial charge on any atom is 0.247 e. The third-order valence-electron chi connectivity index (χ3n) is 3.91. The van der Waals surface area contributed by atoms with Gasteiger partial charge in [0.25, 0.3) is 0 Å². The van der Waals surface area contributed by atoms with E-state index in [1.165, 1.54) is 37.9 Å². The fourth-order valence-electron chi connectivity index (χ4n) is 2.58. The molecule has 4 nitrogen and oxygen atoms in total. The van der Waals surface area contributed by atoms with E-state index in [2.05, 4.69) is 22.5 Å². The molecule has 0 saturated carbocycles. The second-order valence-electron chi connectivity index (χ2n) is 5.57.